The van der Waals surface area contributed by atoms with Crippen molar-refractivity contribution in [3.63, 3.8) is 0 Å². The van der Waals surface area contributed by atoms with Crippen molar-refractivity contribution in [3.8, 4) is 0 Å². The number of aliphatic carboxylic acids is 1. The number of carboxylic acids is 1. The molecule has 0 spiro atoms. The summed E-state index contributed by atoms with van der Waals surface area (Å²) in [7, 11) is 1.62. The SMILES string of the molecule is COC1CC(CC(=O)O)N(C(=O)C2CC2c2cccc3ccccc23)C1. The normalized spacial score (nSPS) is 27.7. The quantitative estimate of drug-likeness (QED) is 0.897. The number of fused-ring (bicyclic) bond motifs is 1. The van der Waals surface area contributed by atoms with Crippen LogP contribution in [0.2, 0.25) is 0 Å². The summed E-state index contributed by atoms with van der Waals surface area (Å²) in [5.41, 5.74) is 1.22. The van der Waals surface area contributed by atoms with Gasteiger partial charge in [-0.25, -0.2) is 0 Å². The van der Waals surface area contributed by atoms with Crippen LogP contribution in [0.5, 0.6) is 0 Å². The number of likely N-dealkylation sites (tertiary alicyclic amines) is 1. The van der Waals surface area contributed by atoms with Gasteiger partial charge >= 0.3 is 5.97 Å². The van der Waals surface area contributed by atoms with Gasteiger partial charge in [-0.2, -0.15) is 0 Å². The first-order chi connectivity index (χ1) is 12.6. The molecule has 2 aromatic rings. The summed E-state index contributed by atoms with van der Waals surface area (Å²) in [6.45, 7) is 0.492. The number of benzene rings is 2. The van der Waals surface area contributed by atoms with Gasteiger partial charge in [-0.15, -0.1) is 0 Å². The fraction of sp³-hybridized carbons (Fsp3) is 0.429. The number of amides is 1. The summed E-state index contributed by atoms with van der Waals surface area (Å²) in [6.07, 6.45) is 1.34. The Kier molecular flexibility index (Phi) is 4.41. The van der Waals surface area contributed by atoms with Gasteiger partial charge in [-0.3, -0.25) is 9.59 Å². The van der Waals surface area contributed by atoms with Crippen LogP contribution >= 0.6 is 0 Å². The molecule has 26 heavy (non-hydrogen) atoms. The highest BCUT2D eigenvalue weighted by atomic mass is 16.5. The maximum absolute atomic E-state index is 13.1. The smallest absolute Gasteiger partial charge is 0.305 e. The molecule has 1 heterocycles. The summed E-state index contributed by atoms with van der Waals surface area (Å²) in [5, 5.41) is 11.5. The fourth-order valence-electron chi connectivity index (χ4n) is 4.31. The number of ether oxygens (including phenoxy) is 1. The monoisotopic (exact) mass is 353 g/mol. The lowest BCUT2D eigenvalue weighted by Gasteiger charge is -2.23. The van der Waals surface area contributed by atoms with E-state index in [1.165, 1.54) is 16.3 Å². The van der Waals surface area contributed by atoms with Gasteiger partial charge in [-0.05, 0) is 35.1 Å². The third-order valence-corrected chi connectivity index (χ3v) is 5.73. The van der Waals surface area contributed by atoms with Crippen LogP contribution in [0.1, 0.15) is 30.7 Å². The molecule has 1 saturated carbocycles. The molecule has 1 amide bonds. The number of hydrogen-bond donors (Lipinski definition) is 1. The van der Waals surface area contributed by atoms with Crippen molar-refractivity contribution >= 4 is 22.6 Å². The Morgan fingerprint density at radius 2 is 1.92 bits per heavy atom. The van der Waals surface area contributed by atoms with Crippen LogP contribution in [0.3, 0.4) is 0 Å². The molecular weight excluding hydrogens is 330 g/mol. The van der Waals surface area contributed by atoms with Gasteiger partial charge in [0.15, 0.2) is 0 Å². The van der Waals surface area contributed by atoms with Crippen molar-refractivity contribution in [1.29, 1.82) is 0 Å². The summed E-state index contributed by atoms with van der Waals surface area (Å²) in [6, 6.07) is 14.2. The second-order valence-corrected chi connectivity index (χ2v) is 7.35. The van der Waals surface area contributed by atoms with Crippen molar-refractivity contribution in [1.82, 2.24) is 4.90 Å². The molecule has 2 aromatic carbocycles. The van der Waals surface area contributed by atoms with E-state index in [0.29, 0.717) is 13.0 Å². The van der Waals surface area contributed by atoms with Crippen LogP contribution in [0.15, 0.2) is 42.5 Å². The number of methoxy groups -OCH3 is 1. The highest BCUT2D eigenvalue weighted by Crippen LogP contribution is 2.51. The van der Waals surface area contributed by atoms with Crippen LogP contribution in [-0.4, -0.2) is 47.7 Å². The lowest BCUT2D eigenvalue weighted by Crippen LogP contribution is -2.38. The zero-order valence-corrected chi connectivity index (χ0v) is 14.8. The van der Waals surface area contributed by atoms with Crippen molar-refractivity contribution in [3.05, 3.63) is 48.0 Å². The van der Waals surface area contributed by atoms with Gasteiger partial charge in [0, 0.05) is 25.6 Å². The van der Waals surface area contributed by atoms with E-state index in [1.807, 2.05) is 18.2 Å². The highest BCUT2D eigenvalue weighted by molar-refractivity contribution is 5.90. The predicted octanol–water partition coefficient (Wildman–Crippen LogP) is 3.03. The average molecular weight is 353 g/mol. The van der Waals surface area contributed by atoms with Gasteiger partial charge in [-0.1, -0.05) is 42.5 Å². The first-order valence-electron chi connectivity index (χ1n) is 9.11. The number of carbonyl (C=O) groups is 2. The van der Waals surface area contributed by atoms with Gasteiger partial charge in [0.25, 0.3) is 0 Å². The Morgan fingerprint density at radius 1 is 1.15 bits per heavy atom. The minimum atomic E-state index is -0.869. The molecule has 2 fully saturated rings. The van der Waals surface area contributed by atoms with E-state index in [4.69, 9.17) is 9.84 Å². The second kappa shape index (κ2) is 6.72. The second-order valence-electron chi connectivity index (χ2n) is 7.35. The molecule has 4 unspecified atom stereocenters. The number of carboxylic acid groups (broad SMARTS) is 1. The van der Waals surface area contributed by atoms with Crippen molar-refractivity contribution in [2.24, 2.45) is 5.92 Å². The highest BCUT2D eigenvalue weighted by Gasteiger charge is 2.49. The standard InChI is InChI=1S/C21H23NO4/c1-26-15-9-14(10-20(23)24)22(12-15)21(25)19-11-18(19)17-8-4-6-13-5-2-3-7-16(13)17/h2-8,14-15,18-19H,9-12H2,1H3,(H,23,24). The lowest BCUT2D eigenvalue weighted by molar-refractivity contribution is -0.140. The van der Waals surface area contributed by atoms with E-state index in [2.05, 4.69) is 24.3 Å². The van der Waals surface area contributed by atoms with Crippen LogP contribution < -0.4 is 0 Å². The molecule has 1 aliphatic heterocycles. The van der Waals surface area contributed by atoms with Crippen LogP contribution in [-0.2, 0) is 14.3 Å². The van der Waals surface area contributed by atoms with E-state index in [-0.39, 0.29) is 36.3 Å². The Hall–Kier alpha value is -2.40. The van der Waals surface area contributed by atoms with Crippen molar-refractivity contribution in [2.75, 3.05) is 13.7 Å². The number of carbonyl (C=O) groups excluding carboxylic acids is 1. The van der Waals surface area contributed by atoms with E-state index in [9.17, 15) is 9.59 Å². The first-order valence-corrected chi connectivity index (χ1v) is 9.11. The average Bonchev–Trinajstić information content (AvgIpc) is 3.34. The van der Waals surface area contributed by atoms with Gasteiger partial charge in [0.1, 0.15) is 0 Å². The maximum atomic E-state index is 13.1. The molecule has 1 aliphatic carbocycles. The molecule has 0 aromatic heterocycles. The zero-order chi connectivity index (χ0) is 18.3. The largest absolute Gasteiger partial charge is 0.481 e. The molecule has 0 radical (unpaired) electrons. The predicted molar refractivity (Wildman–Crippen MR) is 98.0 cm³/mol. The lowest BCUT2D eigenvalue weighted by atomic mass is 10.00. The Bertz CT molecular complexity index is 844. The zero-order valence-electron chi connectivity index (χ0n) is 14.8. The fourth-order valence-corrected chi connectivity index (χ4v) is 4.31. The van der Waals surface area contributed by atoms with E-state index in [0.717, 1.165) is 6.42 Å². The summed E-state index contributed by atoms with van der Waals surface area (Å²) >= 11 is 0. The van der Waals surface area contributed by atoms with Crippen LogP contribution in [0.25, 0.3) is 10.8 Å². The molecule has 1 saturated heterocycles. The summed E-state index contributed by atoms with van der Waals surface area (Å²) < 4.78 is 5.39. The minimum absolute atomic E-state index is 0.0166. The minimum Gasteiger partial charge on any atom is -0.481 e. The molecule has 1 N–H and O–H groups in total. The molecule has 4 atom stereocenters. The van der Waals surface area contributed by atoms with Crippen LogP contribution in [0.4, 0.5) is 0 Å². The van der Waals surface area contributed by atoms with Crippen LogP contribution in [0, 0.1) is 5.92 Å². The van der Waals surface area contributed by atoms with E-state index >= 15 is 0 Å². The number of nitrogens with zero attached hydrogens (tertiary/aromatic N) is 1. The van der Waals surface area contributed by atoms with Gasteiger partial charge in [0.05, 0.1) is 12.5 Å². The number of rotatable bonds is 5. The number of hydrogen-bond acceptors (Lipinski definition) is 3. The molecule has 2 aliphatic rings. The Labute approximate surface area is 152 Å². The van der Waals surface area contributed by atoms with Gasteiger partial charge < -0.3 is 14.7 Å². The third-order valence-electron chi connectivity index (χ3n) is 5.73. The molecule has 0 bridgehead atoms. The summed E-state index contributed by atoms with van der Waals surface area (Å²) in [4.78, 5) is 26.0. The Balaban J connectivity index is 1.53. The topological polar surface area (TPSA) is 66.8 Å². The van der Waals surface area contributed by atoms with Crippen molar-refractivity contribution in [2.45, 2.75) is 37.3 Å². The van der Waals surface area contributed by atoms with E-state index < -0.39 is 5.97 Å². The van der Waals surface area contributed by atoms with Gasteiger partial charge in [0.2, 0.25) is 5.91 Å². The van der Waals surface area contributed by atoms with Crippen molar-refractivity contribution < 1.29 is 19.4 Å². The Morgan fingerprint density at radius 3 is 2.69 bits per heavy atom. The molecule has 4 rings (SSSR count). The molecular formula is C21H23NO4. The molecule has 5 nitrogen and oxygen atoms in total. The first kappa shape index (κ1) is 17.0. The third kappa shape index (κ3) is 3.07. The van der Waals surface area contributed by atoms with E-state index in [1.54, 1.807) is 12.0 Å². The summed E-state index contributed by atoms with van der Waals surface area (Å²) in [5.74, 6) is -0.618. The molecule has 5 heteroatoms. The molecule has 136 valence electrons. The maximum Gasteiger partial charge on any atom is 0.305 e.